The molecule has 2 aliphatic heterocycles. The van der Waals surface area contributed by atoms with Crippen LogP contribution in [0.5, 0.6) is 11.5 Å². The Balaban J connectivity index is 0.000000165. The Morgan fingerprint density at radius 1 is 0.488 bits per heavy atom. The minimum atomic E-state index is 0.446. The van der Waals surface area contributed by atoms with E-state index in [2.05, 4.69) is 86.6 Å². The minimum Gasteiger partial charge on any atom is -0.493 e. The predicted octanol–water partition coefficient (Wildman–Crippen LogP) is 9.97. The quantitative estimate of drug-likeness (QED) is 0.136. The minimum absolute atomic E-state index is 0.446. The van der Waals surface area contributed by atoms with Gasteiger partial charge in [0.25, 0.3) is 0 Å². The molecular weight excluding hydrogens is 541 g/mol. The van der Waals surface area contributed by atoms with E-state index >= 15 is 0 Å². The molecule has 2 saturated heterocycles. The van der Waals surface area contributed by atoms with Crippen LogP contribution in [0.15, 0.2) is 82.6 Å². The van der Waals surface area contributed by atoms with Crippen LogP contribution in [0.1, 0.15) is 71.6 Å². The fraction of sp³-hybridized carbons (Fsp3) is 0.459. The topological polar surface area (TPSA) is 18.5 Å². The van der Waals surface area contributed by atoms with Crippen molar-refractivity contribution in [2.75, 3.05) is 36.2 Å². The molecule has 218 valence electrons. The molecule has 0 unspecified atom stereocenters. The van der Waals surface area contributed by atoms with Crippen LogP contribution in [0.25, 0.3) is 21.5 Å². The fourth-order valence-electron chi connectivity index (χ4n) is 5.82. The molecule has 0 spiro atoms. The van der Waals surface area contributed by atoms with Crippen LogP contribution >= 0.6 is 0 Å². The van der Waals surface area contributed by atoms with E-state index in [1.807, 2.05) is 0 Å². The lowest BCUT2D eigenvalue weighted by Crippen LogP contribution is -2.18. The van der Waals surface area contributed by atoms with E-state index in [0.717, 1.165) is 37.6 Å². The Kier molecular flexibility index (Phi) is 11.6. The third kappa shape index (κ3) is 7.76. The van der Waals surface area contributed by atoms with Crippen molar-refractivity contribution in [1.82, 2.24) is 0 Å². The van der Waals surface area contributed by atoms with Gasteiger partial charge in [-0.2, -0.15) is 0 Å². The van der Waals surface area contributed by atoms with Crippen molar-refractivity contribution in [3.63, 3.8) is 0 Å². The molecule has 2 aliphatic rings. The van der Waals surface area contributed by atoms with Crippen LogP contribution in [0.2, 0.25) is 0 Å². The molecule has 0 saturated carbocycles. The van der Waals surface area contributed by atoms with Crippen molar-refractivity contribution in [2.45, 2.75) is 81.4 Å². The summed E-state index contributed by atoms with van der Waals surface area (Å²) in [5, 5.41) is 5.41. The molecule has 0 bridgehead atoms. The normalized spacial score (nSPS) is 16.0. The molecule has 2 fully saturated rings. The number of ether oxygens (including phenoxy) is 2. The second-order valence-corrected chi connectivity index (χ2v) is 15.7. The summed E-state index contributed by atoms with van der Waals surface area (Å²) in [7, 11) is 0.910. The highest BCUT2D eigenvalue weighted by atomic mass is 32.2. The Morgan fingerprint density at radius 3 is 1.29 bits per heavy atom. The van der Waals surface area contributed by atoms with Gasteiger partial charge in [-0.15, -0.1) is 0 Å². The third-order valence-corrected chi connectivity index (χ3v) is 13.2. The molecule has 6 rings (SSSR count). The molecule has 0 atom stereocenters. The summed E-state index contributed by atoms with van der Waals surface area (Å²) in [6, 6.07) is 26.6. The highest BCUT2D eigenvalue weighted by Crippen LogP contribution is 2.36. The predicted molar refractivity (Wildman–Crippen MR) is 183 cm³/mol. The molecular formula is C37H48O2S2+2. The second kappa shape index (κ2) is 15.8. The largest absolute Gasteiger partial charge is 0.493 e. The number of unbranched alkanes of at least 4 members (excludes halogenated alkanes) is 2. The SMILES string of the molecule is CCCCOc1ccc([S+]2CCCC2)c2ccccc12.CCCCOc1ccc([S+]2CCCCC2)c2ccccc12. The monoisotopic (exact) mass is 588 g/mol. The maximum absolute atomic E-state index is 6.01. The number of fused-ring (bicyclic) bond motifs is 2. The lowest BCUT2D eigenvalue weighted by Gasteiger charge is -2.16. The zero-order chi connectivity index (χ0) is 28.3. The maximum atomic E-state index is 6.01. The van der Waals surface area contributed by atoms with Gasteiger partial charge in [0, 0.05) is 43.3 Å². The molecule has 2 heterocycles. The first-order chi connectivity index (χ1) is 20.3. The average molecular weight is 589 g/mol. The molecule has 0 aliphatic carbocycles. The Morgan fingerprint density at radius 2 is 0.878 bits per heavy atom. The first-order valence-electron chi connectivity index (χ1n) is 15.9. The van der Waals surface area contributed by atoms with Gasteiger partial charge in [0.2, 0.25) is 0 Å². The number of rotatable bonds is 10. The molecule has 4 aromatic carbocycles. The fourth-order valence-corrected chi connectivity index (χ4v) is 10.8. The summed E-state index contributed by atoms with van der Waals surface area (Å²) in [5.74, 6) is 7.61. The first-order valence-corrected chi connectivity index (χ1v) is 19.1. The van der Waals surface area contributed by atoms with Gasteiger partial charge in [0.05, 0.1) is 13.2 Å². The van der Waals surface area contributed by atoms with Gasteiger partial charge in [-0.3, -0.25) is 0 Å². The standard InChI is InChI=1S/C19H25OS.C18H23OS/c1-2-3-13-20-18-11-12-19(21-14-7-4-8-15-21)17-10-6-5-9-16(17)18;1-2-3-12-19-17-10-11-18(20-13-6-7-14-20)16-9-5-4-8-15(16)17/h5-6,9-12H,2-4,7-8,13-15H2,1H3;4-5,8-11H,2-3,6-7,12-14H2,1H3/q2*+1. The second-order valence-electron chi connectivity index (χ2n) is 11.2. The summed E-state index contributed by atoms with van der Waals surface area (Å²) < 4.78 is 12.0. The smallest absolute Gasteiger partial charge is 0.162 e. The lowest BCUT2D eigenvalue weighted by atomic mass is 10.1. The zero-order valence-corrected chi connectivity index (χ0v) is 26.8. The van der Waals surface area contributed by atoms with Crippen molar-refractivity contribution in [2.24, 2.45) is 0 Å². The van der Waals surface area contributed by atoms with E-state index in [1.54, 1.807) is 9.79 Å². The Bertz CT molecular complexity index is 1370. The molecule has 0 radical (unpaired) electrons. The van der Waals surface area contributed by atoms with Crippen LogP contribution in [0.3, 0.4) is 0 Å². The van der Waals surface area contributed by atoms with Crippen LogP contribution in [-0.4, -0.2) is 36.2 Å². The molecule has 4 aromatic rings. The molecule has 2 nitrogen and oxygen atoms in total. The van der Waals surface area contributed by atoms with E-state index in [1.165, 1.54) is 89.5 Å². The van der Waals surface area contributed by atoms with E-state index in [4.69, 9.17) is 9.47 Å². The van der Waals surface area contributed by atoms with E-state index in [-0.39, 0.29) is 0 Å². The number of benzene rings is 4. The molecule has 0 N–H and O–H groups in total. The Hall–Kier alpha value is -2.30. The summed E-state index contributed by atoms with van der Waals surface area (Å²) in [6.07, 6.45) is 11.6. The molecule has 4 heteroatoms. The summed E-state index contributed by atoms with van der Waals surface area (Å²) >= 11 is 0. The summed E-state index contributed by atoms with van der Waals surface area (Å²) in [4.78, 5) is 3.12. The van der Waals surface area contributed by atoms with E-state index < -0.39 is 0 Å². The van der Waals surface area contributed by atoms with Gasteiger partial charge < -0.3 is 9.47 Å². The van der Waals surface area contributed by atoms with Crippen LogP contribution in [0, 0.1) is 0 Å². The third-order valence-electron chi connectivity index (χ3n) is 8.13. The van der Waals surface area contributed by atoms with Crippen molar-refractivity contribution >= 4 is 43.3 Å². The van der Waals surface area contributed by atoms with E-state index in [0.29, 0.717) is 21.8 Å². The van der Waals surface area contributed by atoms with Crippen molar-refractivity contribution in [3.05, 3.63) is 72.8 Å². The van der Waals surface area contributed by atoms with Crippen LogP contribution in [0.4, 0.5) is 0 Å². The summed E-state index contributed by atoms with van der Waals surface area (Å²) in [5.41, 5.74) is 0. The van der Waals surface area contributed by atoms with Gasteiger partial charge >= 0.3 is 0 Å². The lowest BCUT2D eigenvalue weighted by molar-refractivity contribution is 0.312. The van der Waals surface area contributed by atoms with Crippen molar-refractivity contribution in [3.8, 4) is 11.5 Å². The molecule has 0 aromatic heterocycles. The molecule has 41 heavy (non-hydrogen) atoms. The van der Waals surface area contributed by atoms with Gasteiger partial charge in [-0.05, 0) is 81.3 Å². The van der Waals surface area contributed by atoms with Gasteiger partial charge in [-0.25, -0.2) is 0 Å². The summed E-state index contributed by atoms with van der Waals surface area (Å²) in [6.45, 7) is 6.05. The van der Waals surface area contributed by atoms with Gasteiger partial charge in [0.15, 0.2) is 9.79 Å². The molecule has 0 amide bonds. The highest BCUT2D eigenvalue weighted by Gasteiger charge is 2.29. The zero-order valence-electron chi connectivity index (χ0n) is 25.2. The number of hydrogen-bond acceptors (Lipinski definition) is 2. The maximum Gasteiger partial charge on any atom is 0.162 e. The van der Waals surface area contributed by atoms with Crippen molar-refractivity contribution in [1.29, 1.82) is 0 Å². The highest BCUT2D eigenvalue weighted by molar-refractivity contribution is 7.97. The van der Waals surface area contributed by atoms with Gasteiger partial charge in [0.1, 0.15) is 34.5 Å². The average Bonchev–Trinajstić information content (AvgIpc) is 3.57. The van der Waals surface area contributed by atoms with E-state index in [9.17, 15) is 0 Å². The van der Waals surface area contributed by atoms with Crippen LogP contribution in [-0.2, 0) is 21.8 Å². The van der Waals surface area contributed by atoms with Crippen LogP contribution < -0.4 is 9.47 Å². The van der Waals surface area contributed by atoms with Gasteiger partial charge in [-0.1, -0.05) is 63.1 Å². The first kappa shape index (κ1) is 30.2. The Labute approximate surface area is 253 Å². The van der Waals surface area contributed by atoms with Crippen molar-refractivity contribution < 1.29 is 9.47 Å². The number of hydrogen-bond donors (Lipinski definition) is 0.